The van der Waals surface area contributed by atoms with Crippen molar-refractivity contribution in [3.63, 3.8) is 0 Å². The molecule has 7 nitrogen and oxygen atoms in total. The molecule has 0 radical (unpaired) electrons. The van der Waals surface area contributed by atoms with Crippen LogP contribution in [0.1, 0.15) is 17.0 Å². The second kappa shape index (κ2) is 9.56. The van der Waals surface area contributed by atoms with Gasteiger partial charge in [-0.1, -0.05) is 40.9 Å². The molecule has 0 atom stereocenters. The average molecular weight is 443 g/mol. The topological polar surface area (TPSA) is 91.3 Å². The van der Waals surface area contributed by atoms with Crippen molar-refractivity contribution in [1.82, 2.24) is 15.3 Å². The summed E-state index contributed by atoms with van der Waals surface area (Å²) in [4.78, 5) is 25.5. The number of aromatic nitrogens is 2. The predicted molar refractivity (Wildman–Crippen MR) is 122 cm³/mol. The van der Waals surface area contributed by atoms with Crippen LogP contribution in [0, 0.1) is 20.8 Å². The quantitative estimate of drug-likeness (QED) is 0.362. The fourth-order valence-electron chi connectivity index (χ4n) is 2.56. The number of nitrogens with zero attached hydrogens (tertiary/aromatic N) is 3. The summed E-state index contributed by atoms with van der Waals surface area (Å²) >= 11 is 11.9. The maximum absolute atomic E-state index is 12.5. The molecule has 1 heterocycles. The molecule has 0 saturated carbocycles. The van der Waals surface area contributed by atoms with Crippen molar-refractivity contribution >= 4 is 52.5 Å². The SMILES string of the molecule is Cc1ccc(N/C(=N\c2nc(C)cc(C)n2)NC(=O)Nc2ccc(Cl)c(Cl)c2)cc1. The summed E-state index contributed by atoms with van der Waals surface area (Å²) in [6, 6.07) is 13.8. The van der Waals surface area contributed by atoms with Crippen molar-refractivity contribution in [3.05, 3.63) is 75.5 Å². The highest BCUT2D eigenvalue weighted by molar-refractivity contribution is 6.42. The average Bonchev–Trinajstić information content (AvgIpc) is 2.65. The van der Waals surface area contributed by atoms with Gasteiger partial charge in [-0.05, 0) is 57.2 Å². The fourth-order valence-corrected chi connectivity index (χ4v) is 2.86. The van der Waals surface area contributed by atoms with E-state index in [9.17, 15) is 4.79 Å². The van der Waals surface area contributed by atoms with Gasteiger partial charge in [-0.25, -0.2) is 14.8 Å². The number of hydrogen-bond donors (Lipinski definition) is 3. The molecule has 3 N–H and O–H groups in total. The highest BCUT2D eigenvalue weighted by Gasteiger charge is 2.10. The lowest BCUT2D eigenvalue weighted by Crippen LogP contribution is -2.38. The molecule has 2 amide bonds. The van der Waals surface area contributed by atoms with Gasteiger partial charge in [0.25, 0.3) is 5.95 Å². The Bertz CT molecular complexity index is 1080. The number of aliphatic imine (C=N–C) groups is 1. The molecule has 9 heteroatoms. The number of carbonyl (C=O) groups is 1. The number of rotatable bonds is 3. The Labute approximate surface area is 184 Å². The number of anilines is 2. The van der Waals surface area contributed by atoms with Crippen molar-refractivity contribution in [2.24, 2.45) is 4.99 Å². The maximum Gasteiger partial charge on any atom is 0.326 e. The third kappa shape index (κ3) is 6.17. The smallest absolute Gasteiger partial charge is 0.326 e. The standard InChI is InChI=1S/C21H20Cl2N6O/c1-12-4-6-15(7-5-12)26-20(28-19-24-13(2)10-14(3)25-19)29-21(30)27-16-8-9-17(22)18(23)11-16/h4-11H,1-3H3,(H3,24,25,26,27,28,29,30). The zero-order valence-corrected chi connectivity index (χ0v) is 18.1. The normalized spacial score (nSPS) is 11.2. The predicted octanol–water partition coefficient (Wildman–Crippen LogP) is 5.63. The number of halogens is 2. The number of aryl methyl sites for hydroxylation is 3. The largest absolute Gasteiger partial charge is 0.326 e. The van der Waals surface area contributed by atoms with Gasteiger partial charge in [-0.15, -0.1) is 0 Å². The second-order valence-electron chi connectivity index (χ2n) is 6.61. The lowest BCUT2D eigenvalue weighted by molar-refractivity contribution is 0.256. The van der Waals surface area contributed by atoms with Crippen LogP contribution in [0.15, 0.2) is 53.5 Å². The molecular formula is C21H20Cl2N6O. The van der Waals surface area contributed by atoms with Crippen molar-refractivity contribution in [2.75, 3.05) is 10.6 Å². The molecule has 0 aliphatic heterocycles. The van der Waals surface area contributed by atoms with Crippen molar-refractivity contribution < 1.29 is 4.79 Å². The van der Waals surface area contributed by atoms with Crippen LogP contribution in [-0.4, -0.2) is 22.0 Å². The number of hydrogen-bond acceptors (Lipinski definition) is 4. The molecule has 3 aromatic rings. The highest BCUT2D eigenvalue weighted by atomic mass is 35.5. The van der Waals surface area contributed by atoms with E-state index in [-0.39, 0.29) is 11.9 Å². The molecule has 2 aromatic carbocycles. The number of guanidine groups is 1. The first-order valence-electron chi connectivity index (χ1n) is 9.06. The first kappa shape index (κ1) is 21.5. The lowest BCUT2D eigenvalue weighted by Gasteiger charge is -2.13. The minimum absolute atomic E-state index is 0.168. The van der Waals surface area contributed by atoms with Crippen molar-refractivity contribution in [2.45, 2.75) is 20.8 Å². The molecule has 0 unspecified atom stereocenters. The van der Waals surface area contributed by atoms with Gasteiger partial charge in [0.15, 0.2) is 0 Å². The third-order valence-electron chi connectivity index (χ3n) is 3.91. The molecule has 3 rings (SSSR count). The Kier molecular flexibility index (Phi) is 6.87. The summed E-state index contributed by atoms with van der Waals surface area (Å²) in [7, 11) is 0. The van der Waals surface area contributed by atoms with E-state index in [0.29, 0.717) is 15.7 Å². The zero-order valence-electron chi connectivity index (χ0n) is 16.6. The van der Waals surface area contributed by atoms with Crippen LogP contribution in [0.25, 0.3) is 0 Å². The van der Waals surface area contributed by atoms with Gasteiger partial charge in [0.05, 0.1) is 10.0 Å². The maximum atomic E-state index is 12.5. The highest BCUT2D eigenvalue weighted by Crippen LogP contribution is 2.24. The Morgan fingerprint density at radius 2 is 1.47 bits per heavy atom. The third-order valence-corrected chi connectivity index (χ3v) is 4.65. The van der Waals surface area contributed by atoms with Crippen LogP contribution in [0.3, 0.4) is 0 Å². The van der Waals surface area contributed by atoms with Gasteiger partial charge in [-0.3, -0.25) is 5.32 Å². The molecule has 0 fully saturated rings. The summed E-state index contributed by atoms with van der Waals surface area (Å²) in [5.74, 6) is 0.401. The van der Waals surface area contributed by atoms with E-state index < -0.39 is 6.03 Å². The molecule has 0 bridgehead atoms. The number of urea groups is 1. The Balaban J connectivity index is 1.83. The number of benzene rings is 2. The first-order chi connectivity index (χ1) is 14.3. The summed E-state index contributed by atoms with van der Waals surface area (Å²) in [6.45, 7) is 5.70. The Morgan fingerprint density at radius 1 is 0.833 bits per heavy atom. The van der Waals surface area contributed by atoms with Crippen molar-refractivity contribution in [3.8, 4) is 0 Å². The second-order valence-corrected chi connectivity index (χ2v) is 7.42. The fraction of sp³-hybridized carbons (Fsp3) is 0.143. The van der Waals surface area contributed by atoms with E-state index in [4.69, 9.17) is 23.2 Å². The first-order valence-corrected chi connectivity index (χ1v) is 9.82. The molecule has 0 aliphatic rings. The zero-order chi connectivity index (χ0) is 21.7. The summed E-state index contributed by atoms with van der Waals surface area (Å²) in [5, 5.41) is 9.19. The molecule has 0 aliphatic carbocycles. The van der Waals surface area contributed by atoms with E-state index in [1.165, 1.54) is 0 Å². The summed E-state index contributed by atoms with van der Waals surface area (Å²) in [6.07, 6.45) is 0. The lowest BCUT2D eigenvalue weighted by atomic mass is 10.2. The molecular weight excluding hydrogens is 423 g/mol. The molecule has 0 saturated heterocycles. The van der Waals surface area contributed by atoms with Gasteiger partial charge in [-0.2, -0.15) is 4.99 Å². The van der Waals surface area contributed by atoms with Gasteiger partial charge in [0, 0.05) is 22.8 Å². The molecule has 30 heavy (non-hydrogen) atoms. The molecule has 1 aromatic heterocycles. The number of amides is 2. The van der Waals surface area contributed by atoms with E-state index in [2.05, 4.69) is 30.9 Å². The molecule has 0 spiro atoms. The Morgan fingerprint density at radius 3 is 2.10 bits per heavy atom. The minimum Gasteiger partial charge on any atom is -0.326 e. The van der Waals surface area contributed by atoms with Crippen LogP contribution in [0.5, 0.6) is 0 Å². The molecule has 154 valence electrons. The Hall–Kier alpha value is -3.16. The monoisotopic (exact) mass is 442 g/mol. The van der Waals surface area contributed by atoms with Crippen LogP contribution in [0.2, 0.25) is 10.0 Å². The van der Waals surface area contributed by atoms with E-state index in [1.54, 1.807) is 18.2 Å². The van der Waals surface area contributed by atoms with E-state index in [1.807, 2.05) is 51.1 Å². The van der Waals surface area contributed by atoms with Crippen LogP contribution in [0.4, 0.5) is 22.1 Å². The van der Waals surface area contributed by atoms with Gasteiger partial charge in [0.2, 0.25) is 5.96 Å². The number of carbonyl (C=O) groups excluding carboxylic acids is 1. The minimum atomic E-state index is -0.517. The van der Waals surface area contributed by atoms with Crippen LogP contribution >= 0.6 is 23.2 Å². The van der Waals surface area contributed by atoms with Gasteiger partial charge >= 0.3 is 6.03 Å². The van der Waals surface area contributed by atoms with Crippen LogP contribution in [-0.2, 0) is 0 Å². The summed E-state index contributed by atoms with van der Waals surface area (Å²) < 4.78 is 0. The van der Waals surface area contributed by atoms with Crippen LogP contribution < -0.4 is 16.0 Å². The summed E-state index contributed by atoms with van der Waals surface area (Å²) in [5.41, 5.74) is 3.90. The van der Waals surface area contributed by atoms with E-state index in [0.717, 1.165) is 22.6 Å². The number of nitrogens with one attached hydrogen (secondary N) is 3. The van der Waals surface area contributed by atoms with E-state index >= 15 is 0 Å². The van der Waals surface area contributed by atoms with Gasteiger partial charge < -0.3 is 10.6 Å². The van der Waals surface area contributed by atoms with Gasteiger partial charge in [0.1, 0.15) is 0 Å². The van der Waals surface area contributed by atoms with Crippen molar-refractivity contribution in [1.29, 1.82) is 0 Å².